The minimum absolute atomic E-state index is 0.137. The van der Waals surface area contributed by atoms with Gasteiger partial charge in [0.05, 0.1) is 5.92 Å². The summed E-state index contributed by atoms with van der Waals surface area (Å²) in [6, 6.07) is -0.137. The Labute approximate surface area is 127 Å². The fourth-order valence-electron chi connectivity index (χ4n) is 2.63. The summed E-state index contributed by atoms with van der Waals surface area (Å²) in [4.78, 5) is 27.3. The summed E-state index contributed by atoms with van der Waals surface area (Å²) in [5.41, 5.74) is 0. The van der Waals surface area contributed by atoms with E-state index in [9.17, 15) is 9.59 Å². The zero-order chi connectivity index (χ0) is 15.8. The van der Waals surface area contributed by atoms with Gasteiger partial charge in [-0.05, 0) is 12.3 Å². The standard InChI is InChI=1S/C15H29N3O3/c1-4-5-13(14(19)20)10-16-15(21)18-8-6-17(7-9-18)11-12(2)3/h12-13H,4-11H2,1-3H3,(H,16,21)(H,19,20). The van der Waals surface area contributed by atoms with Crippen molar-refractivity contribution in [1.29, 1.82) is 0 Å². The van der Waals surface area contributed by atoms with Crippen LogP contribution < -0.4 is 5.32 Å². The lowest BCUT2D eigenvalue weighted by Gasteiger charge is -2.35. The fraction of sp³-hybridized carbons (Fsp3) is 0.867. The van der Waals surface area contributed by atoms with Crippen molar-refractivity contribution < 1.29 is 14.7 Å². The van der Waals surface area contributed by atoms with Gasteiger partial charge in [0.25, 0.3) is 0 Å². The molecule has 1 unspecified atom stereocenters. The second-order valence-corrected chi connectivity index (χ2v) is 6.19. The molecule has 1 heterocycles. The molecule has 0 aromatic rings. The van der Waals surface area contributed by atoms with E-state index in [0.29, 0.717) is 25.4 Å². The van der Waals surface area contributed by atoms with Crippen molar-refractivity contribution in [1.82, 2.24) is 15.1 Å². The first-order valence-corrected chi connectivity index (χ1v) is 7.92. The van der Waals surface area contributed by atoms with E-state index < -0.39 is 11.9 Å². The average Bonchev–Trinajstić information content (AvgIpc) is 2.43. The topological polar surface area (TPSA) is 72.9 Å². The molecule has 6 nitrogen and oxygen atoms in total. The third-order valence-corrected chi connectivity index (χ3v) is 3.77. The molecule has 1 atom stereocenters. The van der Waals surface area contributed by atoms with Crippen molar-refractivity contribution in [2.24, 2.45) is 11.8 Å². The molecule has 0 aromatic heterocycles. The van der Waals surface area contributed by atoms with Crippen molar-refractivity contribution in [3.05, 3.63) is 0 Å². The lowest BCUT2D eigenvalue weighted by atomic mass is 10.0. The van der Waals surface area contributed by atoms with E-state index in [1.807, 2.05) is 6.92 Å². The number of hydrogen-bond acceptors (Lipinski definition) is 3. The minimum Gasteiger partial charge on any atom is -0.481 e. The lowest BCUT2D eigenvalue weighted by molar-refractivity contribution is -0.141. The second-order valence-electron chi connectivity index (χ2n) is 6.19. The van der Waals surface area contributed by atoms with Crippen molar-refractivity contribution in [2.75, 3.05) is 39.3 Å². The third kappa shape index (κ3) is 6.33. The van der Waals surface area contributed by atoms with Crippen LogP contribution in [0.1, 0.15) is 33.6 Å². The molecule has 0 bridgehead atoms. The fourth-order valence-corrected chi connectivity index (χ4v) is 2.63. The molecule has 0 aromatic carbocycles. The van der Waals surface area contributed by atoms with Gasteiger partial charge in [0.1, 0.15) is 0 Å². The summed E-state index contributed by atoms with van der Waals surface area (Å²) >= 11 is 0. The molecule has 0 spiro atoms. The SMILES string of the molecule is CCCC(CNC(=O)N1CCN(CC(C)C)CC1)C(=O)O. The molecule has 0 radical (unpaired) electrons. The molecule has 1 rings (SSSR count). The van der Waals surface area contributed by atoms with Crippen LogP contribution in [0.4, 0.5) is 4.79 Å². The van der Waals surface area contributed by atoms with Crippen molar-refractivity contribution in [2.45, 2.75) is 33.6 Å². The molecular formula is C15H29N3O3. The summed E-state index contributed by atoms with van der Waals surface area (Å²) in [6.45, 7) is 10.8. The van der Waals surface area contributed by atoms with Gasteiger partial charge in [-0.15, -0.1) is 0 Å². The van der Waals surface area contributed by atoms with Crippen LogP contribution >= 0.6 is 0 Å². The second kappa shape index (κ2) is 8.87. The Kier molecular flexibility index (Phi) is 7.50. The van der Waals surface area contributed by atoms with E-state index in [-0.39, 0.29) is 12.6 Å². The van der Waals surface area contributed by atoms with Crippen molar-refractivity contribution in [3.63, 3.8) is 0 Å². The molecule has 1 fully saturated rings. The number of aliphatic carboxylic acids is 1. The zero-order valence-electron chi connectivity index (χ0n) is 13.5. The quantitative estimate of drug-likeness (QED) is 0.746. The molecule has 2 N–H and O–H groups in total. The predicted octanol–water partition coefficient (Wildman–Crippen LogP) is 1.47. The highest BCUT2D eigenvalue weighted by molar-refractivity contribution is 5.76. The van der Waals surface area contributed by atoms with Gasteiger partial charge in [-0.3, -0.25) is 9.69 Å². The number of carboxylic acids is 1. The highest BCUT2D eigenvalue weighted by Gasteiger charge is 2.23. The van der Waals surface area contributed by atoms with Gasteiger partial charge in [0.15, 0.2) is 0 Å². The van der Waals surface area contributed by atoms with Crippen molar-refractivity contribution >= 4 is 12.0 Å². The number of nitrogens with one attached hydrogen (secondary N) is 1. The summed E-state index contributed by atoms with van der Waals surface area (Å²) in [5, 5.41) is 11.8. The van der Waals surface area contributed by atoms with Crippen LogP contribution in [-0.4, -0.2) is 66.2 Å². The maximum Gasteiger partial charge on any atom is 0.317 e. The first-order valence-electron chi connectivity index (χ1n) is 7.92. The van der Waals surface area contributed by atoms with Crippen LogP contribution in [-0.2, 0) is 4.79 Å². The van der Waals surface area contributed by atoms with E-state index in [1.54, 1.807) is 4.90 Å². The van der Waals surface area contributed by atoms with E-state index >= 15 is 0 Å². The monoisotopic (exact) mass is 299 g/mol. The zero-order valence-corrected chi connectivity index (χ0v) is 13.5. The van der Waals surface area contributed by atoms with Gasteiger partial charge in [-0.1, -0.05) is 27.2 Å². The molecule has 2 amide bonds. The molecule has 122 valence electrons. The third-order valence-electron chi connectivity index (χ3n) is 3.77. The van der Waals surface area contributed by atoms with E-state index in [4.69, 9.17) is 5.11 Å². The van der Waals surface area contributed by atoms with Gasteiger partial charge in [-0.2, -0.15) is 0 Å². The number of hydrogen-bond donors (Lipinski definition) is 2. The van der Waals surface area contributed by atoms with Crippen LogP contribution in [0.15, 0.2) is 0 Å². The lowest BCUT2D eigenvalue weighted by Crippen LogP contribution is -2.53. The van der Waals surface area contributed by atoms with Gasteiger partial charge in [0.2, 0.25) is 0 Å². The largest absolute Gasteiger partial charge is 0.481 e. The first kappa shape index (κ1) is 17.8. The average molecular weight is 299 g/mol. The van der Waals surface area contributed by atoms with Crippen LogP contribution in [0.2, 0.25) is 0 Å². The summed E-state index contributed by atoms with van der Waals surface area (Å²) < 4.78 is 0. The summed E-state index contributed by atoms with van der Waals surface area (Å²) in [6.07, 6.45) is 1.40. The van der Waals surface area contributed by atoms with Gasteiger partial charge in [0, 0.05) is 39.3 Å². The molecule has 6 heteroatoms. The number of urea groups is 1. The summed E-state index contributed by atoms with van der Waals surface area (Å²) in [5.74, 6) is -0.684. The summed E-state index contributed by atoms with van der Waals surface area (Å²) in [7, 11) is 0. The Balaban J connectivity index is 2.32. The normalized spacial score (nSPS) is 17.8. The highest BCUT2D eigenvalue weighted by atomic mass is 16.4. The Hall–Kier alpha value is -1.30. The molecule has 1 aliphatic heterocycles. The Morgan fingerprint density at radius 1 is 1.19 bits per heavy atom. The Bertz CT molecular complexity index is 339. The highest BCUT2D eigenvalue weighted by Crippen LogP contribution is 2.07. The number of rotatable bonds is 7. The van der Waals surface area contributed by atoms with Crippen LogP contribution in [0.5, 0.6) is 0 Å². The molecular weight excluding hydrogens is 270 g/mol. The molecule has 0 aliphatic carbocycles. The number of carbonyl (C=O) groups excluding carboxylic acids is 1. The van der Waals surface area contributed by atoms with E-state index in [1.165, 1.54) is 0 Å². The van der Waals surface area contributed by atoms with E-state index in [2.05, 4.69) is 24.1 Å². The Morgan fingerprint density at radius 3 is 2.29 bits per heavy atom. The first-order chi connectivity index (χ1) is 9.93. The molecule has 0 saturated carbocycles. The number of piperazine rings is 1. The maximum absolute atomic E-state index is 12.1. The van der Waals surface area contributed by atoms with E-state index in [0.717, 1.165) is 26.1 Å². The maximum atomic E-state index is 12.1. The number of carbonyl (C=O) groups is 2. The van der Waals surface area contributed by atoms with Gasteiger partial charge in [-0.25, -0.2) is 4.79 Å². The van der Waals surface area contributed by atoms with Crippen LogP contribution in [0, 0.1) is 11.8 Å². The Morgan fingerprint density at radius 2 is 1.81 bits per heavy atom. The number of amides is 2. The smallest absolute Gasteiger partial charge is 0.317 e. The van der Waals surface area contributed by atoms with Crippen LogP contribution in [0.3, 0.4) is 0 Å². The molecule has 1 saturated heterocycles. The molecule has 21 heavy (non-hydrogen) atoms. The van der Waals surface area contributed by atoms with Crippen LogP contribution in [0.25, 0.3) is 0 Å². The predicted molar refractivity (Wildman–Crippen MR) is 82.3 cm³/mol. The van der Waals surface area contributed by atoms with Crippen molar-refractivity contribution in [3.8, 4) is 0 Å². The molecule has 1 aliphatic rings. The number of nitrogens with zero attached hydrogens (tertiary/aromatic N) is 2. The minimum atomic E-state index is -0.834. The number of carboxylic acid groups (broad SMARTS) is 1. The van der Waals surface area contributed by atoms with Gasteiger partial charge < -0.3 is 15.3 Å². The van der Waals surface area contributed by atoms with Gasteiger partial charge >= 0.3 is 12.0 Å².